The van der Waals surface area contributed by atoms with Crippen LogP contribution >= 0.6 is 0 Å². The molecule has 2 rings (SSSR count). The van der Waals surface area contributed by atoms with E-state index in [0.29, 0.717) is 5.82 Å². The van der Waals surface area contributed by atoms with Gasteiger partial charge in [0, 0.05) is 5.56 Å². The zero-order valence-corrected chi connectivity index (χ0v) is 10.7. The van der Waals surface area contributed by atoms with Crippen molar-refractivity contribution < 1.29 is 0 Å². The molecule has 0 aliphatic carbocycles. The molecule has 5 heteroatoms. The number of nitrogens with zero attached hydrogens (tertiary/aromatic N) is 4. The molecule has 5 nitrogen and oxygen atoms in total. The van der Waals surface area contributed by atoms with Crippen LogP contribution in [-0.2, 0) is 6.54 Å². The van der Waals surface area contributed by atoms with E-state index in [9.17, 15) is 0 Å². The molecule has 0 saturated heterocycles. The molecule has 1 aromatic carbocycles. The van der Waals surface area contributed by atoms with Crippen LogP contribution in [0.15, 0.2) is 30.3 Å². The normalized spacial score (nSPS) is 10.7. The predicted octanol–water partition coefficient (Wildman–Crippen LogP) is 1.73. The van der Waals surface area contributed by atoms with E-state index in [1.54, 1.807) is 4.80 Å². The van der Waals surface area contributed by atoms with Gasteiger partial charge >= 0.3 is 0 Å². The Bertz CT molecular complexity index is 451. The Labute approximate surface area is 107 Å². The van der Waals surface area contributed by atoms with Crippen LogP contribution in [0.3, 0.4) is 0 Å². The third-order valence-electron chi connectivity index (χ3n) is 2.62. The first-order valence-electron chi connectivity index (χ1n) is 6.44. The van der Waals surface area contributed by atoms with Crippen LogP contribution < -0.4 is 5.32 Å². The second-order valence-electron chi connectivity index (χ2n) is 4.18. The summed E-state index contributed by atoms with van der Waals surface area (Å²) in [6, 6.07) is 9.91. The molecule has 1 aromatic heterocycles. The van der Waals surface area contributed by atoms with Crippen LogP contribution in [-0.4, -0.2) is 33.3 Å². The summed E-state index contributed by atoms with van der Waals surface area (Å²) in [6.45, 7) is 5.03. The van der Waals surface area contributed by atoms with Crippen LogP contribution in [0.5, 0.6) is 0 Å². The minimum absolute atomic E-state index is 0.692. The fourth-order valence-electron chi connectivity index (χ4n) is 1.69. The van der Waals surface area contributed by atoms with E-state index in [-0.39, 0.29) is 0 Å². The molecule has 1 N–H and O–H groups in total. The Balaban J connectivity index is 1.83. The SMILES string of the molecule is CCCNCCCn1nnc(-c2ccccc2)n1. The van der Waals surface area contributed by atoms with Gasteiger partial charge in [-0.25, -0.2) is 0 Å². The van der Waals surface area contributed by atoms with Gasteiger partial charge in [0.25, 0.3) is 0 Å². The third kappa shape index (κ3) is 3.63. The van der Waals surface area contributed by atoms with Gasteiger partial charge < -0.3 is 5.32 Å². The van der Waals surface area contributed by atoms with E-state index in [0.717, 1.165) is 31.6 Å². The first-order chi connectivity index (χ1) is 8.90. The van der Waals surface area contributed by atoms with Crippen molar-refractivity contribution in [3.05, 3.63) is 30.3 Å². The van der Waals surface area contributed by atoms with Gasteiger partial charge in [-0.2, -0.15) is 4.80 Å². The van der Waals surface area contributed by atoms with Crippen LogP contribution in [0, 0.1) is 0 Å². The zero-order valence-electron chi connectivity index (χ0n) is 10.7. The fraction of sp³-hybridized carbons (Fsp3) is 0.462. The van der Waals surface area contributed by atoms with Gasteiger partial charge in [0.15, 0.2) is 0 Å². The van der Waals surface area contributed by atoms with E-state index >= 15 is 0 Å². The summed E-state index contributed by atoms with van der Waals surface area (Å²) in [5, 5.41) is 15.8. The summed E-state index contributed by atoms with van der Waals surface area (Å²) in [5.41, 5.74) is 1.01. The highest BCUT2D eigenvalue weighted by molar-refractivity contribution is 5.52. The lowest BCUT2D eigenvalue weighted by atomic mass is 10.2. The van der Waals surface area contributed by atoms with Crippen molar-refractivity contribution in [3.8, 4) is 11.4 Å². The van der Waals surface area contributed by atoms with Crippen molar-refractivity contribution in [3.63, 3.8) is 0 Å². The molecule has 0 aliphatic heterocycles. The lowest BCUT2D eigenvalue weighted by Crippen LogP contribution is -2.18. The second kappa shape index (κ2) is 6.86. The summed E-state index contributed by atoms with van der Waals surface area (Å²) in [7, 11) is 0. The molecule has 18 heavy (non-hydrogen) atoms. The van der Waals surface area contributed by atoms with Crippen molar-refractivity contribution in [2.45, 2.75) is 26.3 Å². The monoisotopic (exact) mass is 245 g/mol. The van der Waals surface area contributed by atoms with Crippen molar-refractivity contribution in [2.75, 3.05) is 13.1 Å². The van der Waals surface area contributed by atoms with Crippen molar-refractivity contribution >= 4 is 0 Å². The van der Waals surface area contributed by atoms with Crippen molar-refractivity contribution in [1.82, 2.24) is 25.5 Å². The Morgan fingerprint density at radius 3 is 2.78 bits per heavy atom. The van der Waals surface area contributed by atoms with Gasteiger partial charge in [0.05, 0.1) is 6.54 Å². The predicted molar refractivity (Wildman–Crippen MR) is 71.0 cm³/mol. The number of aromatic nitrogens is 4. The lowest BCUT2D eigenvalue weighted by molar-refractivity contribution is 0.484. The molecular weight excluding hydrogens is 226 g/mol. The standard InChI is InChI=1S/C13H19N5/c1-2-9-14-10-6-11-18-16-13(15-17-18)12-7-4-3-5-8-12/h3-5,7-8,14H,2,6,9-11H2,1H3. The van der Waals surface area contributed by atoms with Gasteiger partial charge in [-0.3, -0.25) is 0 Å². The van der Waals surface area contributed by atoms with Gasteiger partial charge in [-0.05, 0) is 31.1 Å². The number of rotatable bonds is 7. The topological polar surface area (TPSA) is 55.6 Å². The van der Waals surface area contributed by atoms with Crippen LogP contribution in [0.4, 0.5) is 0 Å². The summed E-state index contributed by atoms with van der Waals surface area (Å²) in [5.74, 6) is 0.692. The molecule has 0 atom stereocenters. The Morgan fingerprint density at radius 1 is 1.17 bits per heavy atom. The molecule has 0 radical (unpaired) electrons. The average molecular weight is 245 g/mol. The molecule has 0 amide bonds. The minimum atomic E-state index is 0.692. The average Bonchev–Trinajstić information content (AvgIpc) is 2.88. The van der Waals surface area contributed by atoms with E-state index in [1.165, 1.54) is 6.42 Å². The fourth-order valence-corrected chi connectivity index (χ4v) is 1.69. The first-order valence-corrected chi connectivity index (χ1v) is 6.44. The quantitative estimate of drug-likeness (QED) is 0.755. The summed E-state index contributed by atoms with van der Waals surface area (Å²) >= 11 is 0. The van der Waals surface area contributed by atoms with E-state index in [4.69, 9.17) is 0 Å². The number of aryl methyl sites for hydroxylation is 1. The van der Waals surface area contributed by atoms with Gasteiger partial charge in [0.1, 0.15) is 0 Å². The van der Waals surface area contributed by atoms with E-state index in [2.05, 4.69) is 27.7 Å². The lowest BCUT2D eigenvalue weighted by Gasteiger charge is -2.01. The zero-order chi connectivity index (χ0) is 12.6. The molecule has 0 bridgehead atoms. The van der Waals surface area contributed by atoms with Crippen LogP contribution in [0.2, 0.25) is 0 Å². The molecule has 0 saturated carbocycles. The maximum atomic E-state index is 4.36. The molecule has 0 aliphatic rings. The molecule has 0 spiro atoms. The minimum Gasteiger partial charge on any atom is -0.317 e. The highest BCUT2D eigenvalue weighted by atomic mass is 15.6. The smallest absolute Gasteiger partial charge is 0.204 e. The maximum Gasteiger partial charge on any atom is 0.204 e. The summed E-state index contributed by atoms with van der Waals surface area (Å²) < 4.78 is 0. The van der Waals surface area contributed by atoms with Gasteiger partial charge in [-0.15, -0.1) is 10.2 Å². The first kappa shape index (κ1) is 12.7. The Hall–Kier alpha value is -1.75. The number of hydrogen-bond acceptors (Lipinski definition) is 4. The Morgan fingerprint density at radius 2 is 2.00 bits per heavy atom. The number of hydrogen-bond donors (Lipinski definition) is 1. The molecular formula is C13H19N5. The highest BCUT2D eigenvalue weighted by Gasteiger charge is 2.04. The van der Waals surface area contributed by atoms with Gasteiger partial charge in [0.2, 0.25) is 5.82 Å². The second-order valence-corrected chi connectivity index (χ2v) is 4.18. The molecule has 0 fully saturated rings. The number of benzene rings is 1. The molecule has 1 heterocycles. The number of tetrazole rings is 1. The van der Waals surface area contributed by atoms with Crippen LogP contribution in [0.25, 0.3) is 11.4 Å². The summed E-state index contributed by atoms with van der Waals surface area (Å²) in [6.07, 6.45) is 2.18. The molecule has 2 aromatic rings. The van der Waals surface area contributed by atoms with Crippen LogP contribution in [0.1, 0.15) is 19.8 Å². The van der Waals surface area contributed by atoms with E-state index < -0.39 is 0 Å². The largest absolute Gasteiger partial charge is 0.317 e. The Kier molecular flexibility index (Phi) is 4.84. The van der Waals surface area contributed by atoms with Gasteiger partial charge in [-0.1, -0.05) is 37.3 Å². The molecule has 96 valence electrons. The highest BCUT2D eigenvalue weighted by Crippen LogP contribution is 2.11. The maximum absolute atomic E-state index is 4.36. The molecule has 0 unspecified atom stereocenters. The van der Waals surface area contributed by atoms with E-state index in [1.807, 2.05) is 30.3 Å². The summed E-state index contributed by atoms with van der Waals surface area (Å²) in [4.78, 5) is 1.66. The third-order valence-corrected chi connectivity index (χ3v) is 2.62. The van der Waals surface area contributed by atoms with Crippen molar-refractivity contribution in [1.29, 1.82) is 0 Å². The van der Waals surface area contributed by atoms with Crippen molar-refractivity contribution in [2.24, 2.45) is 0 Å². The number of nitrogens with one attached hydrogen (secondary N) is 1.